The Morgan fingerprint density at radius 3 is 2.80 bits per heavy atom. The summed E-state index contributed by atoms with van der Waals surface area (Å²) in [5, 5.41) is 5.70. The predicted molar refractivity (Wildman–Crippen MR) is 86.5 cm³/mol. The Labute approximate surface area is 128 Å². The van der Waals surface area contributed by atoms with Gasteiger partial charge in [-0.25, -0.2) is 0 Å². The van der Waals surface area contributed by atoms with Crippen molar-refractivity contribution in [3.05, 3.63) is 27.6 Å². The third-order valence-electron chi connectivity index (χ3n) is 4.03. The first-order valence-electron chi connectivity index (χ1n) is 7.07. The number of carbonyl (C=O) groups excluding carboxylic acids is 1. The Morgan fingerprint density at radius 1 is 1.40 bits per heavy atom. The summed E-state index contributed by atoms with van der Waals surface area (Å²) in [5.74, 6) is 0.0368. The summed E-state index contributed by atoms with van der Waals surface area (Å²) in [6.45, 7) is 2.06. The topological polar surface area (TPSA) is 32.3 Å². The zero-order valence-electron chi connectivity index (χ0n) is 11.5. The van der Waals surface area contributed by atoms with Crippen LogP contribution in [0.25, 0.3) is 6.08 Å². The molecular weight excluding hydrogens is 288 g/mol. The number of hydrogen-bond acceptors (Lipinski definition) is 3. The van der Waals surface area contributed by atoms with E-state index in [1.807, 2.05) is 11.5 Å². The maximum Gasteiger partial charge on any atom is 0.276 e. The molecule has 1 amide bonds. The Morgan fingerprint density at radius 2 is 2.15 bits per heavy atom. The van der Waals surface area contributed by atoms with Gasteiger partial charge in [0.1, 0.15) is 5.70 Å². The van der Waals surface area contributed by atoms with Crippen LogP contribution < -0.4 is 5.32 Å². The van der Waals surface area contributed by atoms with Crippen LogP contribution in [0.5, 0.6) is 0 Å². The van der Waals surface area contributed by atoms with Gasteiger partial charge in [-0.05, 0) is 55.1 Å². The predicted octanol–water partition coefficient (Wildman–Crippen LogP) is 3.45. The average Bonchev–Trinajstić information content (AvgIpc) is 2.96. The molecule has 1 aromatic heterocycles. The highest BCUT2D eigenvalue weighted by atomic mass is 32.1. The van der Waals surface area contributed by atoms with E-state index in [4.69, 9.17) is 12.2 Å². The molecule has 0 bridgehead atoms. The quantitative estimate of drug-likeness (QED) is 0.671. The van der Waals surface area contributed by atoms with Crippen molar-refractivity contribution in [1.29, 1.82) is 0 Å². The van der Waals surface area contributed by atoms with E-state index < -0.39 is 0 Å². The van der Waals surface area contributed by atoms with Crippen molar-refractivity contribution >= 4 is 40.7 Å². The summed E-state index contributed by atoms with van der Waals surface area (Å²) < 4.78 is 0. The number of rotatable bonds is 2. The lowest BCUT2D eigenvalue weighted by molar-refractivity contribution is -0.124. The fourth-order valence-electron chi connectivity index (χ4n) is 2.88. The number of nitrogens with zero attached hydrogens (tertiary/aromatic N) is 1. The van der Waals surface area contributed by atoms with E-state index >= 15 is 0 Å². The monoisotopic (exact) mass is 306 g/mol. The van der Waals surface area contributed by atoms with Crippen molar-refractivity contribution in [1.82, 2.24) is 10.2 Å². The standard InChI is InChI=1S/C15H18N2OS2/c1-10-7-8-20-13(10)9-12-14(18)17(15(19)16-12)11-5-3-2-4-6-11/h7-9,11H,2-6H2,1H3,(H,16,19)/b12-9+. The number of thiocarbonyl (C=S) groups is 1. The van der Waals surface area contributed by atoms with Crippen molar-refractivity contribution in [2.24, 2.45) is 0 Å². The third-order valence-corrected chi connectivity index (χ3v) is 5.29. The molecule has 1 saturated carbocycles. The van der Waals surface area contributed by atoms with Gasteiger partial charge in [-0.3, -0.25) is 9.69 Å². The molecule has 2 fully saturated rings. The number of aryl methyl sites for hydroxylation is 1. The van der Waals surface area contributed by atoms with Crippen LogP contribution in [0.2, 0.25) is 0 Å². The van der Waals surface area contributed by atoms with Gasteiger partial charge in [0.15, 0.2) is 5.11 Å². The second-order valence-corrected chi connectivity index (χ2v) is 6.76. The molecule has 1 aliphatic heterocycles. The Balaban J connectivity index is 1.83. The molecule has 0 spiro atoms. The second-order valence-electron chi connectivity index (χ2n) is 5.42. The molecule has 0 radical (unpaired) electrons. The van der Waals surface area contributed by atoms with E-state index in [1.54, 1.807) is 16.2 Å². The maximum atomic E-state index is 12.6. The van der Waals surface area contributed by atoms with Crippen LogP contribution in [0.15, 0.2) is 17.1 Å². The fourth-order valence-corrected chi connectivity index (χ4v) is 4.08. The van der Waals surface area contributed by atoms with Gasteiger partial charge >= 0.3 is 0 Å². The van der Waals surface area contributed by atoms with Crippen LogP contribution in [-0.2, 0) is 4.79 Å². The molecule has 20 heavy (non-hydrogen) atoms. The molecule has 0 unspecified atom stereocenters. The molecule has 1 N–H and O–H groups in total. The van der Waals surface area contributed by atoms with Crippen LogP contribution >= 0.6 is 23.6 Å². The summed E-state index contributed by atoms with van der Waals surface area (Å²) in [5.41, 5.74) is 1.81. The highest BCUT2D eigenvalue weighted by Gasteiger charge is 2.36. The molecule has 2 heterocycles. The number of hydrogen-bond donors (Lipinski definition) is 1. The Bertz CT molecular complexity index is 570. The van der Waals surface area contributed by atoms with Crippen LogP contribution in [0, 0.1) is 6.92 Å². The number of nitrogens with one attached hydrogen (secondary N) is 1. The normalized spacial score (nSPS) is 22.6. The Hall–Kier alpha value is -1.20. The van der Waals surface area contributed by atoms with Crippen molar-refractivity contribution in [2.75, 3.05) is 0 Å². The summed E-state index contributed by atoms with van der Waals surface area (Å²) in [6.07, 6.45) is 7.73. The molecule has 106 valence electrons. The van der Waals surface area contributed by atoms with Crippen LogP contribution in [0.1, 0.15) is 42.5 Å². The fraction of sp³-hybridized carbons (Fsp3) is 0.467. The minimum Gasteiger partial charge on any atom is -0.328 e. The van der Waals surface area contributed by atoms with Crippen molar-refractivity contribution in [3.63, 3.8) is 0 Å². The van der Waals surface area contributed by atoms with Crippen molar-refractivity contribution in [2.45, 2.75) is 45.1 Å². The number of carbonyl (C=O) groups is 1. The van der Waals surface area contributed by atoms with Gasteiger partial charge in [-0.15, -0.1) is 11.3 Å². The summed E-state index contributed by atoms with van der Waals surface area (Å²) in [6, 6.07) is 2.35. The van der Waals surface area contributed by atoms with E-state index in [1.165, 1.54) is 24.8 Å². The highest BCUT2D eigenvalue weighted by molar-refractivity contribution is 7.80. The molecular formula is C15H18N2OS2. The molecule has 1 saturated heterocycles. The van der Waals surface area contributed by atoms with E-state index in [2.05, 4.69) is 18.3 Å². The Kier molecular flexibility index (Phi) is 3.89. The van der Waals surface area contributed by atoms with Gasteiger partial charge in [0, 0.05) is 10.9 Å². The van der Waals surface area contributed by atoms with E-state index in [-0.39, 0.29) is 11.9 Å². The van der Waals surface area contributed by atoms with Crippen molar-refractivity contribution < 1.29 is 4.79 Å². The van der Waals surface area contributed by atoms with Gasteiger partial charge in [0.05, 0.1) is 0 Å². The van der Waals surface area contributed by atoms with E-state index in [9.17, 15) is 4.79 Å². The van der Waals surface area contributed by atoms with Gasteiger partial charge < -0.3 is 5.32 Å². The SMILES string of the molecule is Cc1ccsc1/C=C1/NC(=S)N(C2CCCCC2)C1=O. The van der Waals surface area contributed by atoms with E-state index in [0.29, 0.717) is 10.8 Å². The summed E-state index contributed by atoms with van der Waals surface area (Å²) >= 11 is 7.01. The molecule has 1 aliphatic carbocycles. The first-order chi connectivity index (χ1) is 9.66. The minimum atomic E-state index is 0.0368. The zero-order chi connectivity index (χ0) is 14.1. The number of thiophene rings is 1. The van der Waals surface area contributed by atoms with Crippen LogP contribution in [0.3, 0.4) is 0 Å². The molecule has 2 aliphatic rings. The number of amides is 1. The lowest BCUT2D eigenvalue weighted by Gasteiger charge is -2.29. The maximum absolute atomic E-state index is 12.6. The van der Waals surface area contributed by atoms with Gasteiger partial charge in [-0.2, -0.15) is 0 Å². The lowest BCUT2D eigenvalue weighted by atomic mass is 9.94. The van der Waals surface area contributed by atoms with Gasteiger partial charge in [0.25, 0.3) is 5.91 Å². The highest BCUT2D eigenvalue weighted by Crippen LogP contribution is 2.27. The summed E-state index contributed by atoms with van der Waals surface area (Å²) in [4.78, 5) is 15.5. The minimum absolute atomic E-state index is 0.0368. The van der Waals surface area contributed by atoms with Gasteiger partial charge in [-0.1, -0.05) is 19.3 Å². The van der Waals surface area contributed by atoms with Crippen LogP contribution in [-0.4, -0.2) is 22.0 Å². The molecule has 0 atom stereocenters. The smallest absolute Gasteiger partial charge is 0.276 e. The first kappa shape index (κ1) is 13.8. The lowest BCUT2D eigenvalue weighted by Crippen LogP contribution is -2.41. The van der Waals surface area contributed by atoms with Crippen molar-refractivity contribution in [3.8, 4) is 0 Å². The largest absolute Gasteiger partial charge is 0.328 e. The van der Waals surface area contributed by atoms with E-state index in [0.717, 1.165) is 17.7 Å². The molecule has 3 nitrogen and oxygen atoms in total. The zero-order valence-corrected chi connectivity index (χ0v) is 13.1. The molecule has 0 aromatic carbocycles. The van der Waals surface area contributed by atoms with Crippen LogP contribution in [0.4, 0.5) is 0 Å². The second kappa shape index (κ2) is 5.66. The van der Waals surface area contributed by atoms with Gasteiger partial charge in [0.2, 0.25) is 0 Å². The summed E-state index contributed by atoms with van der Waals surface area (Å²) in [7, 11) is 0. The average molecular weight is 306 g/mol. The first-order valence-corrected chi connectivity index (χ1v) is 8.36. The third kappa shape index (κ3) is 2.52. The molecule has 3 rings (SSSR count). The molecule has 5 heteroatoms. The molecule has 1 aromatic rings.